The van der Waals surface area contributed by atoms with Crippen LogP contribution >= 0.6 is 58.1 Å². The highest BCUT2D eigenvalue weighted by atomic mass is 35.5. The van der Waals surface area contributed by atoms with Crippen LogP contribution in [0.2, 0.25) is 10.0 Å². The fraction of sp³-hybridized carbons (Fsp3) is 0.231. The maximum Gasteiger partial charge on any atom is 0.264 e. The first kappa shape index (κ1) is 26.9. The Hall–Kier alpha value is -2.10. The maximum absolute atomic E-state index is 12.3. The summed E-state index contributed by atoms with van der Waals surface area (Å²) in [5.74, 6) is 0.795. The van der Waals surface area contributed by atoms with Crippen molar-refractivity contribution >= 4 is 76.1 Å². The molecule has 0 atom stereocenters. The summed E-state index contributed by atoms with van der Waals surface area (Å²) in [4.78, 5) is 18.2. The smallest absolute Gasteiger partial charge is 0.264 e. The summed E-state index contributed by atoms with van der Waals surface area (Å²) in [6.07, 6.45) is 5.08. The second-order valence-electron chi connectivity index (χ2n) is 7.95. The van der Waals surface area contributed by atoms with Crippen LogP contribution in [0.25, 0.3) is 6.08 Å². The molecule has 0 saturated carbocycles. The molecule has 10 heteroatoms. The average Bonchev–Trinajstić information content (AvgIpc) is 3.46. The molecule has 5 nitrogen and oxygen atoms in total. The van der Waals surface area contributed by atoms with E-state index in [4.69, 9.17) is 27.9 Å². The average molecular weight is 580 g/mol. The van der Waals surface area contributed by atoms with Crippen molar-refractivity contribution in [2.24, 2.45) is 0 Å². The van der Waals surface area contributed by atoms with Gasteiger partial charge in [0.05, 0.1) is 54.8 Å². The number of carbonyl (C=O) groups is 1. The molecule has 0 unspecified atom stereocenters. The van der Waals surface area contributed by atoms with Crippen LogP contribution in [-0.2, 0) is 11.3 Å². The summed E-state index contributed by atoms with van der Waals surface area (Å²) in [5, 5.41) is 6.22. The lowest BCUT2D eigenvalue weighted by molar-refractivity contribution is -0.685. The van der Waals surface area contributed by atoms with Crippen LogP contribution in [0.3, 0.4) is 0 Å². The fourth-order valence-electron chi connectivity index (χ4n) is 3.60. The Balaban J connectivity index is 1.67. The van der Waals surface area contributed by atoms with Crippen LogP contribution in [0.5, 0.6) is 5.75 Å². The monoisotopic (exact) mass is 578 g/mol. The number of benzene rings is 2. The van der Waals surface area contributed by atoms with Crippen LogP contribution in [0.4, 0.5) is 5.69 Å². The molecule has 0 bridgehead atoms. The SMILES string of the molecule is CCN(C)/C(=C/c1scc[n+]1Cc1c(Cl)cccc1Cl)S/C(C=O)=C1/Sc2cc(OC)ccc2N1C. The lowest BCUT2D eigenvalue weighted by atomic mass is 10.2. The zero-order valence-electron chi connectivity index (χ0n) is 20.3. The molecule has 0 radical (unpaired) electrons. The molecule has 0 spiro atoms. The van der Waals surface area contributed by atoms with Gasteiger partial charge in [0.1, 0.15) is 5.75 Å². The lowest BCUT2D eigenvalue weighted by Crippen LogP contribution is -2.35. The molecule has 36 heavy (non-hydrogen) atoms. The second kappa shape index (κ2) is 12.0. The summed E-state index contributed by atoms with van der Waals surface area (Å²) in [6.45, 7) is 3.44. The van der Waals surface area contributed by atoms with E-state index < -0.39 is 0 Å². The van der Waals surface area contributed by atoms with Gasteiger partial charge in [-0.3, -0.25) is 4.79 Å². The predicted octanol–water partition coefficient (Wildman–Crippen LogP) is 6.99. The number of rotatable bonds is 9. The number of hydrogen-bond donors (Lipinski definition) is 0. The Labute approximate surface area is 234 Å². The van der Waals surface area contributed by atoms with E-state index in [1.807, 2.05) is 62.1 Å². The van der Waals surface area contributed by atoms with Gasteiger partial charge in [-0.05, 0) is 37.3 Å². The first-order chi connectivity index (χ1) is 17.4. The molecule has 2 heterocycles. The molecular formula is C26H26Cl2N3O2S3+. The summed E-state index contributed by atoms with van der Waals surface area (Å²) >= 11 is 17.5. The zero-order chi connectivity index (χ0) is 25.8. The van der Waals surface area contributed by atoms with E-state index in [1.54, 1.807) is 30.2 Å². The Bertz CT molecular complexity index is 1320. The minimum atomic E-state index is 0.555. The Kier molecular flexibility index (Phi) is 8.96. The van der Waals surface area contributed by atoms with Crippen molar-refractivity contribution in [2.45, 2.75) is 18.4 Å². The molecule has 2 aromatic carbocycles. The number of thiazole rings is 1. The van der Waals surface area contributed by atoms with Crippen molar-refractivity contribution in [2.75, 3.05) is 32.6 Å². The summed E-state index contributed by atoms with van der Waals surface area (Å²) < 4.78 is 7.50. The number of carbonyl (C=O) groups excluding carboxylic acids is 1. The number of ether oxygens (including phenoxy) is 1. The van der Waals surface area contributed by atoms with E-state index in [0.29, 0.717) is 21.5 Å². The van der Waals surface area contributed by atoms with Gasteiger partial charge < -0.3 is 14.5 Å². The largest absolute Gasteiger partial charge is 0.497 e. The molecule has 0 N–H and O–H groups in total. The predicted molar refractivity (Wildman–Crippen MR) is 154 cm³/mol. The van der Waals surface area contributed by atoms with Crippen molar-refractivity contribution < 1.29 is 14.1 Å². The Morgan fingerprint density at radius 2 is 2.00 bits per heavy atom. The molecule has 1 aliphatic rings. The number of thioether (sulfide) groups is 2. The third-order valence-corrected chi connectivity index (χ3v) is 9.84. The number of methoxy groups -OCH3 is 1. The molecule has 188 valence electrons. The van der Waals surface area contributed by atoms with Gasteiger partial charge in [0.25, 0.3) is 5.01 Å². The number of allylic oxidation sites excluding steroid dienone is 1. The van der Waals surface area contributed by atoms with Gasteiger partial charge in [-0.1, -0.05) is 64.1 Å². The van der Waals surface area contributed by atoms with Crippen LogP contribution in [-0.4, -0.2) is 38.9 Å². The van der Waals surface area contributed by atoms with E-state index in [9.17, 15) is 4.79 Å². The highest BCUT2D eigenvalue weighted by Gasteiger charge is 2.27. The number of nitrogens with zero attached hydrogens (tertiary/aromatic N) is 3. The molecular weight excluding hydrogens is 553 g/mol. The number of aromatic nitrogens is 1. The van der Waals surface area contributed by atoms with Crippen molar-refractivity contribution in [1.82, 2.24) is 4.90 Å². The van der Waals surface area contributed by atoms with Gasteiger partial charge in [-0.2, -0.15) is 4.57 Å². The summed E-state index contributed by atoms with van der Waals surface area (Å²) in [5.41, 5.74) is 1.93. The van der Waals surface area contributed by atoms with E-state index >= 15 is 0 Å². The van der Waals surface area contributed by atoms with Crippen LogP contribution in [0.15, 0.2) is 67.8 Å². The van der Waals surface area contributed by atoms with Gasteiger partial charge in [-0.15, -0.1) is 0 Å². The third-order valence-electron chi connectivity index (χ3n) is 5.77. The van der Waals surface area contributed by atoms with E-state index in [1.165, 1.54) is 11.8 Å². The molecule has 0 saturated heterocycles. The summed E-state index contributed by atoms with van der Waals surface area (Å²) in [6, 6.07) is 11.5. The molecule has 4 rings (SSSR count). The number of halogens is 2. The zero-order valence-corrected chi connectivity index (χ0v) is 24.3. The van der Waals surface area contributed by atoms with Crippen molar-refractivity contribution in [3.05, 3.63) is 83.6 Å². The van der Waals surface area contributed by atoms with Gasteiger partial charge >= 0.3 is 0 Å². The molecule has 1 aromatic heterocycles. The highest BCUT2D eigenvalue weighted by molar-refractivity contribution is 8.09. The van der Waals surface area contributed by atoms with Gasteiger partial charge in [0, 0.05) is 25.5 Å². The first-order valence-corrected chi connectivity index (χ1v) is 14.4. The van der Waals surface area contributed by atoms with Gasteiger partial charge in [0.15, 0.2) is 19.0 Å². The highest BCUT2D eigenvalue weighted by Crippen LogP contribution is 2.49. The molecule has 3 aromatic rings. The van der Waals surface area contributed by atoms with E-state index in [-0.39, 0.29) is 0 Å². The van der Waals surface area contributed by atoms with Crippen LogP contribution < -0.4 is 14.2 Å². The topological polar surface area (TPSA) is 36.7 Å². The van der Waals surface area contributed by atoms with Crippen molar-refractivity contribution in [3.8, 4) is 5.75 Å². The minimum Gasteiger partial charge on any atom is -0.497 e. The lowest BCUT2D eigenvalue weighted by Gasteiger charge is -2.21. The first-order valence-electron chi connectivity index (χ1n) is 11.2. The molecule has 1 aliphatic heterocycles. The van der Waals surface area contributed by atoms with Crippen molar-refractivity contribution in [1.29, 1.82) is 0 Å². The standard InChI is InChI=1S/C26H26Cl2N3O2S3/c1-5-29(2)24(14-25-31(11-12-34-25)15-18-19(27)7-6-8-20(18)28)35-23(16-32)26-30(3)21-10-9-17(33-4)13-22(21)36-26/h6-14,16H,5,15H2,1-4H3/q+1/b26-23+. The van der Waals surface area contributed by atoms with E-state index in [0.717, 1.165) is 49.8 Å². The molecule has 0 amide bonds. The molecule has 0 fully saturated rings. The van der Waals surface area contributed by atoms with E-state index in [2.05, 4.69) is 27.4 Å². The van der Waals surface area contributed by atoms with Gasteiger partial charge in [-0.25, -0.2) is 0 Å². The number of anilines is 1. The second-order valence-corrected chi connectivity index (χ2v) is 11.8. The fourth-order valence-corrected chi connectivity index (χ4v) is 7.26. The summed E-state index contributed by atoms with van der Waals surface area (Å²) in [7, 11) is 5.67. The van der Waals surface area contributed by atoms with Gasteiger partial charge in [0.2, 0.25) is 0 Å². The number of aldehydes is 1. The maximum atomic E-state index is 12.3. The number of hydrogen-bond acceptors (Lipinski definition) is 7. The normalized spacial score (nSPS) is 14.6. The Morgan fingerprint density at radius 3 is 2.67 bits per heavy atom. The molecule has 0 aliphatic carbocycles. The van der Waals surface area contributed by atoms with Crippen LogP contribution in [0.1, 0.15) is 17.5 Å². The number of fused-ring (bicyclic) bond motifs is 1. The van der Waals surface area contributed by atoms with Crippen molar-refractivity contribution in [3.63, 3.8) is 0 Å². The third kappa shape index (κ3) is 5.73. The minimum absolute atomic E-state index is 0.555. The Morgan fingerprint density at radius 1 is 1.25 bits per heavy atom. The quantitative estimate of drug-likeness (QED) is 0.155. The van der Waals surface area contributed by atoms with Crippen LogP contribution in [0, 0.1) is 0 Å².